The maximum Gasteiger partial charge on any atom is 0.184 e. The van der Waals surface area contributed by atoms with Crippen molar-refractivity contribution in [2.75, 3.05) is 26.4 Å². The molecule has 0 aromatic heterocycles. The minimum atomic E-state index is -0.431. The molecule has 256 valence electrons. The largest absolute Gasteiger partial charge is 0.393 e. The van der Waals surface area contributed by atoms with Gasteiger partial charge in [-0.3, -0.25) is 0 Å². The normalized spacial score (nSPS) is 47.7. The molecule has 4 aliphatic carbocycles. The van der Waals surface area contributed by atoms with Crippen molar-refractivity contribution in [1.82, 2.24) is 5.32 Å². The van der Waals surface area contributed by atoms with Gasteiger partial charge in [-0.1, -0.05) is 67.2 Å². The maximum absolute atomic E-state index is 10.4. The van der Waals surface area contributed by atoms with Gasteiger partial charge in [0.25, 0.3) is 0 Å². The molecule has 6 fully saturated rings. The SMILES string of the molecule is CCCCCOCCCCC.CCO[C@]12C[C@@H](C)CN[C@@H]1[C@@H](C)[C@H]1[C@@H](C[C@H]3[C@@H]4CC[C@H]5C[C@@H](O)CC[C@]5(C)[C@H]4CC[C@]13C)O2. The number of hydrogen-bond donors (Lipinski definition) is 2. The Morgan fingerprint density at radius 3 is 2.23 bits per heavy atom. The van der Waals surface area contributed by atoms with Crippen LogP contribution in [0.1, 0.15) is 145 Å². The van der Waals surface area contributed by atoms with Gasteiger partial charge in [0.2, 0.25) is 0 Å². The van der Waals surface area contributed by atoms with Gasteiger partial charge in [0.05, 0.1) is 18.2 Å². The lowest BCUT2D eigenvalue weighted by atomic mass is 9.44. The van der Waals surface area contributed by atoms with E-state index in [9.17, 15) is 5.11 Å². The molecule has 0 amide bonds. The monoisotopic (exact) mass is 618 g/mol. The van der Waals surface area contributed by atoms with Gasteiger partial charge < -0.3 is 24.6 Å². The van der Waals surface area contributed by atoms with Crippen LogP contribution in [-0.4, -0.2) is 55.5 Å². The highest BCUT2D eigenvalue weighted by Crippen LogP contribution is 2.70. The van der Waals surface area contributed by atoms with Crippen LogP contribution in [0, 0.1) is 52.3 Å². The van der Waals surface area contributed by atoms with Gasteiger partial charge in [0.1, 0.15) is 0 Å². The van der Waals surface area contributed by atoms with Crippen LogP contribution in [0.15, 0.2) is 0 Å². The van der Waals surface area contributed by atoms with Crippen molar-refractivity contribution in [3.8, 4) is 0 Å². The first-order chi connectivity index (χ1) is 21.1. The van der Waals surface area contributed by atoms with Crippen molar-refractivity contribution in [3.63, 3.8) is 0 Å². The summed E-state index contributed by atoms with van der Waals surface area (Å²) < 4.78 is 19.1. The number of piperidine rings is 1. The molecule has 6 rings (SSSR count). The number of rotatable bonds is 10. The summed E-state index contributed by atoms with van der Waals surface area (Å²) in [6, 6.07) is 0.316. The molecule has 5 nitrogen and oxygen atoms in total. The average molecular weight is 618 g/mol. The second-order valence-corrected chi connectivity index (χ2v) is 16.9. The summed E-state index contributed by atoms with van der Waals surface area (Å²) in [6.45, 7) is 20.4. The van der Waals surface area contributed by atoms with E-state index < -0.39 is 5.79 Å². The van der Waals surface area contributed by atoms with Crippen molar-refractivity contribution in [1.29, 1.82) is 0 Å². The van der Waals surface area contributed by atoms with E-state index in [1.807, 2.05) is 0 Å². The molecule has 0 radical (unpaired) electrons. The smallest absolute Gasteiger partial charge is 0.184 e. The highest BCUT2D eigenvalue weighted by atomic mass is 16.7. The maximum atomic E-state index is 10.4. The molecule has 4 saturated carbocycles. The zero-order valence-electron chi connectivity index (χ0n) is 29.9. The number of fused-ring (bicyclic) bond motifs is 8. The summed E-state index contributed by atoms with van der Waals surface area (Å²) in [7, 11) is 0. The number of aliphatic hydroxyl groups excluding tert-OH is 1. The molecule has 13 atom stereocenters. The summed E-state index contributed by atoms with van der Waals surface area (Å²) in [6.07, 6.45) is 19.0. The van der Waals surface area contributed by atoms with Crippen LogP contribution in [0.25, 0.3) is 0 Å². The first-order valence-corrected chi connectivity index (χ1v) is 19.4. The third-order valence-electron chi connectivity index (χ3n) is 14.1. The third-order valence-corrected chi connectivity index (χ3v) is 14.1. The number of unbranched alkanes of at least 4 members (excludes halogenated alkanes) is 4. The first-order valence-electron chi connectivity index (χ1n) is 19.4. The summed E-state index contributed by atoms with van der Waals surface area (Å²) in [5.41, 5.74) is 0.840. The molecular formula is C39H71NO4. The Morgan fingerprint density at radius 1 is 0.841 bits per heavy atom. The first kappa shape index (κ1) is 35.1. The predicted molar refractivity (Wildman–Crippen MR) is 180 cm³/mol. The van der Waals surface area contributed by atoms with Gasteiger partial charge in [-0.05, 0) is 130 Å². The minimum absolute atomic E-state index is 0.0509. The summed E-state index contributed by atoms with van der Waals surface area (Å²) >= 11 is 0. The molecule has 0 spiro atoms. The predicted octanol–water partition coefficient (Wildman–Crippen LogP) is 8.77. The Balaban J connectivity index is 0.000000301. The number of aliphatic hydroxyl groups is 1. The summed E-state index contributed by atoms with van der Waals surface area (Å²) in [5.74, 6) is 4.61. The van der Waals surface area contributed by atoms with Crippen LogP contribution < -0.4 is 5.32 Å². The lowest BCUT2D eigenvalue weighted by Crippen LogP contribution is -2.69. The number of nitrogens with one attached hydrogen (secondary N) is 1. The third kappa shape index (κ3) is 6.71. The van der Waals surface area contributed by atoms with E-state index >= 15 is 0 Å². The molecule has 0 bridgehead atoms. The highest BCUT2D eigenvalue weighted by Gasteiger charge is 2.68. The van der Waals surface area contributed by atoms with Gasteiger partial charge in [-0.25, -0.2) is 0 Å². The molecule has 6 aliphatic rings. The Hall–Kier alpha value is -0.200. The van der Waals surface area contributed by atoms with Crippen LogP contribution in [-0.2, 0) is 14.2 Å². The van der Waals surface area contributed by atoms with Crippen molar-refractivity contribution in [2.24, 2.45) is 52.3 Å². The second kappa shape index (κ2) is 14.9. The second-order valence-electron chi connectivity index (χ2n) is 16.9. The molecule has 2 N–H and O–H groups in total. The van der Waals surface area contributed by atoms with Crippen LogP contribution >= 0.6 is 0 Å². The average Bonchev–Trinajstić information content (AvgIpc) is 3.29. The van der Waals surface area contributed by atoms with Crippen molar-refractivity contribution in [2.45, 2.75) is 169 Å². The van der Waals surface area contributed by atoms with Gasteiger partial charge in [0, 0.05) is 26.2 Å². The lowest BCUT2D eigenvalue weighted by Gasteiger charge is -2.62. The fraction of sp³-hybridized carbons (Fsp3) is 1.00. The van der Waals surface area contributed by atoms with E-state index in [0.717, 1.165) is 69.3 Å². The van der Waals surface area contributed by atoms with E-state index in [0.29, 0.717) is 40.7 Å². The van der Waals surface area contributed by atoms with Gasteiger partial charge in [-0.2, -0.15) is 0 Å². The highest BCUT2D eigenvalue weighted by molar-refractivity contribution is 5.16. The quantitative estimate of drug-likeness (QED) is 0.240. The summed E-state index contributed by atoms with van der Waals surface area (Å²) in [5, 5.41) is 14.3. The Labute approximate surface area is 271 Å². The Morgan fingerprint density at radius 2 is 1.55 bits per heavy atom. The molecule has 0 aromatic carbocycles. The van der Waals surface area contributed by atoms with Crippen LogP contribution in [0.5, 0.6) is 0 Å². The van der Waals surface area contributed by atoms with Crippen LogP contribution in [0.4, 0.5) is 0 Å². The van der Waals surface area contributed by atoms with Gasteiger partial charge in [0.15, 0.2) is 5.79 Å². The van der Waals surface area contributed by atoms with Gasteiger partial charge >= 0.3 is 0 Å². The van der Waals surface area contributed by atoms with E-state index in [4.69, 9.17) is 14.2 Å². The van der Waals surface area contributed by atoms with E-state index in [2.05, 4.69) is 53.8 Å². The molecular weight excluding hydrogens is 546 g/mol. The van der Waals surface area contributed by atoms with E-state index in [1.165, 1.54) is 77.0 Å². The topological polar surface area (TPSA) is 60.0 Å². The standard InChI is InChI=1S/C29H49NO3.C10H22O/c1-6-32-29-15-17(2)16-30-26(29)18(3)25-24(33-29)14-23-21-8-7-19-13-20(31)9-11-27(19,4)22(21)10-12-28(23,25)5;1-3-5-7-9-11-10-8-6-4-2/h17-26,30-31H,6-16H2,1-5H3;3-10H2,1-2H3/t17-,18+,19+,20+,21-,22+,23+,24-,25+,26-,27+,28+,29+;/m1./s1. The minimum Gasteiger partial charge on any atom is -0.393 e. The lowest BCUT2D eigenvalue weighted by molar-refractivity contribution is -0.329. The van der Waals surface area contributed by atoms with E-state index in [-0.39, 0.29) is 6.10 Å². The number of ether oxygens (including phenoxy) is 3. The zero-order valence-corrected chi connectivity index (χ0v) is 29.9. The fourth-order valence-corrected chi connectivity index (χ4v) is 12.1. The molecule has 0 unspecified atom stereocenters. The molecule has 2 saturated heterocycles. The zero-order chi connectivity index (χ0) is 31.5. The fourth-order valence-electron chi connectivity index (χ4n) is 12.1. The summed E-state index contributed by atoms with van der Waals surface area (Å²) in [4.78, 5) is 0. The molecule has 44 heavy (non-hydrogen) atoms. The molecule has 2 heterocycles. The van der Waals surface area contributed by atoms with E-state index in [1.54, 1.807) is 0 Å². The molecule has 2 aliphatic heterocycles. The Kier molecular flexibility index (Phi) is 11.9. The molecule has 5 heteroatoms. The van der Waals surface area contributed by atoms with Crippen molar-refractivity contribution in [3.05, 3.63) is 0 Å². The van der Waals surface area contributed by atoms with Crippen molar-refractivity contribution < 1.29 is 19.3 Å². The van der Waals surface area contributed by atoms with Gasteiger partial charge in [-0.15, -0.1) is 0 Å². The van der Waals surface area contributed by atoms with Crippen molar-refractivity contribution >= 4 is 0 Å². The number of hydrogen-bond acceptors (Lipinski definition) is 5. The van der Waals surface area contributed by atoms with Crippen LogP contribution in [0.3, 0.4) is 0 Å². The molecule has 0 aromatic rings. The van der Waals surface area contributed by atoms with Crippen LogP contribution in [0.2, 0.25) is 0 Å². The Bertz CT molecular complexity index is 891.